The van der Waals surface area contributed by atoms with Crippen molar-refractivity contribution in [3.05, 3.63) is 62.4 Å². The second-order valence-electron chi connectivity index (χ2n) is 9.52. The molecule has 34 heavy (non-hydrogen) atoms. The number of hydrogen-bond donors (Lipinski definition) is 1. The Bertz CT molecular complexity index is 1220. The summed E-state index contributed by atoms with van der Waals surface area (Å²) in [5.41, 5.74) is -3.14. The molecule has 2 aliphatic heterocycles. The van der Waals surface area contributed by atoms with Crippen LogP contribution in [0.1, 0.15) is 67.7 Å². The molecule has 5 rings (SSSR count). The van der Waals surface area contributed by atoms with E-state index < -0.39 is 36.7 Å². The van der Waals surface area contributed by atoms with Gasteiger partial charge < -0.3 is 14.5 Å². The van der Waals surface area contributed by atoms with Crippen LogP contribution >= 0.6 is 23.2 Å². The van der Waals surface area contributed by atoms with Crippen LogP contribution in [0.4, 0.5) is 17.6 Å². The molecular weight excluding hydrogens is 496 g/mol. The summed E-state index contributed by atoms with van der Waals surface area (Å²) in [4.78, 5) is 5.10. The molecule has 0 amide bonds. The molecule has 0 radical (unpaired) electrons. The van der Waals surface area contributed by atoms with Gasteiger partial charge in [-0.1, -0.05) is 34.8 Å². The van der Waals surface area contributed by atoms with Gasteiger partial charge in [0.1, 0.15) is 5.82 Å². The van der Waals surface area contributed by atoms with E-state index in [1.807, 2.05) is 0 Å². The fourth-order valence-electron chi connectivity index (χ4n) is 4.85. The third-order valence-corrected chi connectivity index (χ3v) is 7.84. The van der Waals surface area contributed by atoms with Gasteiger partial charge in [0, 0.05) is 11.1 Å². The second kappa shape index (κ2) is 7.85. The largest absolute Gasteiger partial charge is 0.492 e. The van der Waals surface area contributed by atoms with Crippen LogP contribution in [0.3, 0.4) is 0 Å². The fourth-order valence-corrected chi connectivity index (χ4v) is 5.34. The summed E-state index contributed by atoms with van der Waals surface area (Å²) >= 11 is 12.5. The van der Waals surface area contributed by atoms with Gasteiger partial charge in [-0.05, 0) is 73.5 Å². The van der Waals surface area contributed by atoms with E-state index in [4.69, 9.17) is 32.7 Å². The summed E-state index contributed by atoms with van der Waals surface area (Å²) in [5.74, 6) is -0.802. The maximum atomic E-state index is 15.0. The average molecular weight is 516 g/mol. The van der Waals surface area contributed by atoms with Crippen LogP contribution in [0, 0.1) is 5.82 Å². The topological polar surface area (TPSA) is 51.0 Å². The highest BCUT2D eigenvalue weighted by Crippen LogP contribution is 2.52. The Morgan fingerprint density at radius 3 is 2.47 bits per heavy atom. The predicted octanol–water partition coefficient (Wildman–Crippen LogP) is 5.94. The monoisotopic (exact) mass is 515 g/mol. The van der Waals surface area contributed by atoms with Crippen molar-refractivity contribution in [1.29, 1.82) is 0 Å². The minimum Gasteiger partial charge on any atom is -0.423 e. The average Bonchev–Trinajstić information content (AvgIpc) is 3.23. The molecule has 11 heteroatoms. The maximum absolute atomic E-state index is 15.0. The number of benzene rings is 2. The van der Waals surface area contributed by atoms with Gasteiger partial charge in [0.2, 0.25) is 0 Å². The molecule has 2 heterocycles. The number of fused-ring (bicyclic) bond motifs is 1. The highest BCUT2D eigenvalue weighted by atomic mass is 35.5. The lowest BCUT2D eigenvalue weighted by Crippen LogP contribution is -2.43. The molecule has 1 N–H and O–H groups in total. The number of nitrogens with zero attached hydrogens (tertiary/aromatic N) is 1. The molecule has 1 atom stereocenters. The third-order valence-electron chi connectivity index (χ3n) is 7.02. The van der Waals surface area contributed by atoms with Crippen molar-refractivity contribution in [2.24, 2.45) is 5.16 Å². The molecule has 1 fully saturated rings. The van der Waals surface area contributed by atoms with Crippen molar-refractivity contribution in [1.82, 2.24) is 0 Å². The number of hydrogen-bond acceptors (Lipinski definition) is 4. The Morgan fingerprint density at radius 2 is 1.85 bits per heavy atom. The zero-order chi connectivity index (χ0) is 24.6. The first-order valence-corrected chi connectivity index (χ1v) is 11.6. The van der Waals surface area contributed by atoms with E-state index in [0.717, 1.165) is 31.4 Å². The summed E-state index contributed by atoms with van der Waals surface area (Å²) in [5, 5.41) is 14.0. The van der Waals surface area contributed by atoms with Gasteiger partial charge in [-0.2, -0.15) is 13.2 Å². The first-order chi connectivity index (χ1) is 15.8. The molecule has 1 saturated carbocycles. The zero-order valence-corrected chi connectivity index (χ0v) is 19.8. The lowest BCUT2D eigenvalue weighted by molar-refractivity contribution is -0.275. The van der Waals surface area contributed by atoms with Crippen LogP contribution in [0.2, 0.25) is 10.0 Å². The van der Waals surface area contributed by atoms with Crippen LogP contribution in [-0.4, -0.2) is 24.0 Å². The van der Waals surface area contributed by atoms with Crippen molar-refractivity contribution in [2.75, 3.05) is 0 Å². The van der Waals surface area contributed by atoms with Gasteiger partial charge in [0.15, 0.2) is 0 Å². The van der Waals surface area contributed by atoms with E-state index in [2.05, 4.69) is 5.16 Å². The van der Waals surface area contributed by atoms with Gasteiger partial charge >= 0.3 is 13.3 Å². The summed E-state index contributed by atoms with van der Waals surface area (Å²) in [6.07, 6.45) is -3.05. The molecule has 180 valence electrons. The van der Waals surface area contributed by atoms with Crippen LogP contribution in [-0.2, 0) is 20.7 Å². The zero-order valence-electron chi connectivity index (χ0n) is 18.3. The fraction of sp³-hybridized carbons (Fsp3) is 0.435. The lowest BCUT2D eigenvalue weighted by atomic mass is 9.76. The first-order valence-electron chi connectivity index (χ1n) is 10.9. The Morgan fingerprint density at radius 1 is 1.15 bits per heavy atom. The van der Waals surface area contributed by atoms with Crippen molar-refractivity contribution in [3.8, 4) is 0 Å². The van der Waals surface area contributed by atoms with Crippen molar-refractivity contribution in [3.63, 3.8) is 0 Å². The van der Waals surface area contributed by atoms with Crippen LogP contribution in [0.15, 0.2) is 29.4 Å². The van der Waals surface area contributed by atoms with Gasteiger partial charge in [-0.3, -0.25) is 0 Å². The van der Waals surface area contributed by atoms with E-state index in [9.17, 15) is 22.6 Å². The molecule has 3 aliphatic rings. The van der Waals surface area contributed by atoms with E-state index in [1.54, 1.807) is 13.8 Å². The molecule has 4 nitrogen and oxygen atoms in total. The molecular formula is C23H20BCl2F4NO3. The van der Waals surface area contributed by atoms with Gasteiger partial charge in [-0.15, -0.1) is 0 Å². The van der Waals surface area contributed by atoms with Crippen molar-refractivity contribution >= 4 is 41.5 Å². The van der Waals surface area contributed by atoms with Gasteiger partial charge in [0.05, 0.1) is 27.8 Å². The van der Waals surface area contributed by atoms with Gasteiger partial charge in [-0.25, -0.2) is 4.39 Å². The summed E-state index contributed by atoms with van der Waals surface area (Å²) in [7, 11) is -1.33. The first kappa shape index (κ1) is 23.9. The Kier molecular flexibility index (Phi) is 5.52. The molecule has 0 saturated heterocycles. The van der Waals surface area contributed by atoms with E-state index >= 15 is 0 Å². The van der Waals surface area contributed by atoms with E-state index in [0.29, 0.717) is 11.1 Å². The number of halogens is 6. The predicted molar refractivity (Wildman–Crippen MR) is 121 cm³/mol. The standard InChI is InChI=1S/C23H20BCl2F4NO3/c1-21(2)15-8-14(18(27)9-16(15)24(32)33-21)19-10-22(34-31-19,23(28,29)30)12-6-13(11-4-3-5-11)20(26)17(25)7-12/h6-9,11,32H,3-5,10H2,1-2H3. The molecule has 2 aromatic rings. The number of alkyl halides is 3. The maximum Gasteiger partial charge on any atom is 0.492 e. The minimum atomic E-state index is -4.88. The summed E-state index contributed by atoms with van der Waals surface area (Å²) < 4.78 is 64.0. The van der Waals surface area contributed by atoms with Crippen LogP contribution < -0.4 is 5.46 Å². The SMILES string of the molecule is CC1(C)OB(O)c2cc(F)c(C3=NOC(c4cc(Cl)c(Cl)c(C5CCC5)c4)(C(F)(F)F)C3)cc21. The minimum absolute atomic E-state index is 0.00154. The van der Waals surface area contributed by atoms with Gasteiger partial charge in [0.25, 0.3) is 5.60 Å². The molecule has 0 aromatic heterocycles. The Hall–Kier alpha value is -1.81. The molecule has 0 spiro atoms. The lowest BCUT2D eigenvalue weighted by Gasteiger charge is -2.32. The van der Waals surface area contributed by atoms with Crippen LogP contribution in [0.5, 0.6) is 0 Å². The second-order valence-corrected chi connectivity index (χ2v) is 10.3. The third kappa shape index (κ3) is 3.55. The van der Waals surface area contributed by atoms with E-state index in [1.165, 1.54) is 12.1 Å². The summed E-state index contributed by atoms with van der Waals surface area (Å²) in [6, 6.07) is 4.96. The van der Waals surface area contributed by atoms with E-state index in [-0.39, 0.29) is 38.3 Å². The highest BCUT2D eigenvalue weighted by molar-refractivity contribution is 6.62. The summed E-state index contributed by atoms with van der Waals surface area (Å²) in [6.45, 7) is 3.35. The normalized spacial score (nSPS) is 24.0. The number of oxime groups is 1. The smallest absolute Gasteiger partial charge is 0.423 e. The van der Waals surface area contributed by atoms with Crippen molar-refractivity contribution < 1.29 is 32.1 Å². The Balaban J connectivity index is 1.58. The molecule has 1 unspecified atom stereocenters. The quantitative estimate of drug-likeness (QED) is 0.407. The van der Waals surface area contributed by atoms with Crippen LogP contribution in [0.25, 0.3) is 0 Å². The van der Waals surface area contributed by atoms with Crippen molar-refractivity contribution in [2.45, 2.75) is 62.8 Å². The Labute approximate surface area is 204 Å². The molecule has 0 bridgehead atoms. The molecule has 2 aromatic carbocycles. The molecule has 1 aliphatic carbocycles. The number of rotatable bonds is 3. The highest BCUT2D eigenvalue weighted by Gasteiger charge is 2.63.